The Bertz CT molecular complexity index is 500. The molecule has 0 saturated heterocycles. The molecular weight excluding hydrogens is 249 g/mol. The summed E-state index contributed by atoms with van der Waals surface area (Å²) in [4.78, 5) is 4.22. The molecular formula is C11H9ClFNOS. The fourth-order valence-corrected chi connectivity index (χ4v) is 2.36. The van der Waals surface area contributed by atoms with Crippen LogP contribution >= 0.6 is 22.9 Å². The van der Waals surface area contributed by atoms with Crippen molar-refractivity contribution in [3.05, 3.63) is 35.1 Å². The third-order valence-electron chi connectivity index (χ3n) is 2.10. The van der Waals surface area contributed by atoms with E-state index in [1.54, 1.807) is 12.1 Å². The van der Waals surface area contributed by atoms with E-state index in [1.165, 1.54) is 24.5 Å². The zero-order valence-electron chi connectivity index (χ0n) is 8.54. The van der Waals surface area contributed by atoms with Crippen LogP contribution in [0.2, 0.25) is 0 Å². The highest BCUT2D eigenvalue weighted by atomic mass is 35.5. The maximum absolute atomic E-state index is 13.7. The maximum atomic E-state index is 13.7. The Kier molecular flexibility index (Phi) is 3.41. The summed E-state index contributed by atoms with van der Waals surface area (Å²) in [5, 5.41) is 2.46. The standard InChI is InChI=1S/C11H9ClFNOS/c1-15-8-2-3-9(10(13)4-8)11-14-7(5-12)6-16-11/h2-4,6H,5H2,1H3. The van der Waals surface area contributed by atoms with Crippen LogP contribution in [-0.2, 0) is 5.88 Å². The van der Waals surface area contributed by atoms with Crippen LogP contribution in [-0.4, -0.2) is 12.1 Å². The Hall–Kier alpha value is -1.13. The number of nitrogens with zero attached hydrogens (tertiary/aromatic N) is 1. The SMILES string of the molecule is COc1ccc(-c2nc(CCl)cs2)c(F)c1. The Balaban J connectivity index is 2.40. The Morgan fingerprint density at radius 3 is 2.88 bits per heavy atom. The van der Waals surface area contributed by atoms with Gasteiger partial charge in [0.15, 0.2) is 0 Å². The molecule has 1 heterocycles. The summed E-state index contributed by atoms with van der Waals surface area (Å²) >= 11 is 7.02. The number of benzene rings is 1. The number of hydrogen-bond acceptors (Lipinski definition) is 3. The van der Waals surface area contributed by atoms with Crippen LogP contribution in [0.3, 0.4) is 0 Å². The van der Waals surface area contributed by atoms with E-state index in [1.807, 2.05) is 5.38 Å². The number of aromatic nitrogens is 1. The van der Waals surface area contributed by atoms with Crippen molar-refractivity contribution in [2.45, 2.75) is 5.88 Å². The first-order valence-corrected chi connectivity index (χ1v) is 6.00. The normalized spacial score (nSPS) is 10.4. The topological polar surface area (TPSA) is 22.1 Å². The van der Waals surface area contributed by atoms with Gasteiger partial charge in [0.25, 0.3) is 0 Å². The molecule has 0 N–H and O–H groups in total. The summed E-state index contributed by atoms with van der Waals surface area (Å²) in [7, 11) is 1.50. The van der Waals surface area contributed by atoms with E-state index in [2.05, 4.69) is 4.98 Å². The quantitative estimate of drug-likeness (QED) is 0.783. The minimum Gasteiger partial charge on any atom is -0.497 e. The minimum absolute atomic E-state index is 0.338. The number of halogens is 2. The summed E-state index contributed by atoms with van der Waals surface area (Å²) in [6.45, 7) is 0. The molecule has 2 aromatic rings. The highest BCUT2D eigenvalue weighted by Gasteiger charge is 2.10. The smallest absolute Gasteiger partial charge is 0.137 e. The molecule has 0 saturated carbocycles. The second-order valence-corrected chi connectivity index (χ2v) is 4.25. The van der Waals surface area contributed by atoms with E-state index in [4.69, 9.17) is 16.3 Å². The van der Waals surface area contributed by atoms with Crippen molar-refractivity contribution in [1.29, 1.82) is 0 Å². The van der Waals surface area contributed by atoms with Crippen molar-refractivity contribution in [3.63, 3.8) is 0 Å². The lowest BCUT2D eigenvalue weighted by molar-refractivity contribution is 0.411. The average molecular weight is 258 g/mol. The molecule has 0 amide bonds. The number of ether oxygens (including phenoxy) is 1. The lowest BCUT2D eigenvalue weighted by atomic mass is 10.2. The van der Waals surface area contributed by atoms with Gasteiger partial charge in [0, 0.05) is 17.0 Å². The van der Waals surface area contributed by atoms with Crippen molar-refractivity contribution in [3.8, 4) is 16.3 Å². The Morgan fingerprint density at radius 1 is 1.50 bits per heavy atom. The first-order valence-electron chi connectivity index (χ1n) is 4.59. The third-order valence-corrected chi connectivity index (χ3v) is 3.29. The van der Waals surface area contributed by atoms with Crippen molar-refractivity contribution >= 4 is 22.9 Å². The number of rotatable bonds is 3. The summed E-state index contributed by atoms with van der Waals surface area (Å²) in [5.74, 6) is 0.499. The van der Waals surface area contributed by atoms with Crippen LogP contribution in [0, 0.1) is 5.82 Å². The van der Waals surface area contributed by atoms with Crippen LogP contribution in [0.5, 0.6) is 5.75 Å². The van der Waals surface area contributed by atoms with Crippen molar-refractivity contribution in [2.24, 2.45) is 0 Å². The molecule has 0 fully saturated rings. The van der Waals surface area contributed by atoms with Gasteiger partial charge in [0.2, 0.25) is 0 Å². The fraction of sp³-hybridized carbons (Fsp3) is 0.182. The van der Waals surface area contributed by atoms with Crippen LogP contribution in [0.1, 0.15) is 5.69 Å². The van der Waals surface area contributed by atoms with Gasteiger partial charge in [-0.05, 0) is 12.1 Å². The molecule has 2 nitrogen and oxygen atoms in total. The van der Waals surface area contributed by atoms with Gasteiger partial charge in [-0.2, -0.15) is 0 Å². The van der Waals surface area contributed by atoms with Gasteiger partial charge in [0.1, 0.15) is 16.6 Å². The Morgan fingerprint density at radius 2 is 2.31 bits per heavy atom. The largest absolute Gasteiger partial charge is 0.497 e. The average Bonchev–Trinajstić information content (AvgIpc) is 2.77. The summed E-state index contributed by atoms with van der Waals surface area (Å²) in [5.41, 5.74) is 1.24. The molecule has 0 unspecified atom stereocenters. The molecule has 0 aliphatic heterocycles. The molecule has 2 rings (SSSR count). The highest BCUT2D eigenvalue weighted by Crippen LogP contribution is 2.29. The predicted octanol–water partition coefficient (Wildman–Crippen LogP) is 3.70. The summed E-state index contributed by atoms with van der Waals surface area (Å²) < 4.78 is 18.6. The molecule has 0 spiro atoms. The third kappa shape index (κ3) is 2.18. The van der Waals surface area contributed by atoms with Crippen LogP contribution in [0.4, 0.5) is 4.39 Å². The van der Waals surface area contributed by atoms with Crippen molar-refractivity contribution in [2.75, 3.05) is 7.11 Å². The van der Waals surface area contributed by atoms with Crippen LogP contribution in [0.25, 0.3) is 10.6 Å². The molecule has 16 heavy (non-hydrogen) atoms. The van der Waals surface area contributed by atoms with Crippen molar-refractivity contribution < 1.29 is 9.13 Å². The number of hydrogen-bond donors (Lipinski definition) is 0. The van der Waals surface area contributed by atoms with Crippen LogP contribution in [0.15, 0.2) is 23.6 Å². The van der Waals surface area contributed by atoms with Gasteiger partial charge in [-0.1, -0.05) is 0 Å². The van der Waals surface area contributed by atoms with E-state index in [-0.39, 0.29) is 5.82 Å². The van der Waals surface area contributed by atoms with Gasteiger partial charge >= 0.3 is 0 Å². The zero-order valence-corrected chi connectivity index (χ0v) is 10.1. The summed E-state index contributed by atoms with van der Waals surface area (Å²) in [6, 6.07) is 4.71. The first-order chi connectivity index (χ1) is 7.74. The number of thiazole rings is 1. The molecule has 0 aliphatic rings. The summed E-state index contributed by atoms with van der Waals surface area (Å²) in [6.07, 6.45) is 0. The van der Waals surface area contributed by atoms with Crippen molar-refractivity contribution in [1.82, 2.24) is 4.98 Å². The molecule has 0 atom stereocenters. The van der Waals surface area contributed by atoms with Gasteiger partial charge in [0.05, 0.1) is 18.7 Å². The monoisotopic (exact) mass is 257 g/mol. The highest BCUT2D eigenvalue weighted by molar-refractivity contribution is 7.13. The minimum atomic E-state index is -0.338. The number of methoxy groups -OCH3 is 1. The van der Waals surface area contributed by atoms with E-state index >= 15 is 0 Å². The van der Waals surface area contributed by atoms with Gasteiger partial charge in [-0.25, -0.2) is 9.37 Å². The first kappa shape index (κ1) is 11.4. The second kappa shape index (κ2) is 4.80. The van der Waals surface area contributed by atoms with Gasteiger partial charge < -0.3 is 4.74 Å². The number of alkyl halides is 1. The molecule has 5 heteroatoms. The predicted molar refractivity (Wildman–Crippen MR) is 63.6 cm³/mol. The molecule has 0 bridgehead atoms. The molecule has 1 aromatic heterocycles. The lowest BCUT2D eigenvalue weighted by Gasteiger charge is -2.02. The van der Waals surface area contributed by atoms with Crippen LogP contribution < -0.4 is 4.74 Å². The van der Waals surface area contributed by atoms with E-state index in [9.17, 15) is 4.39 Å². The lowest BCUT2D eigenvalue weighted by Crippen LogP contribution is -1.88. The van der Waals surface area contributed by atoms with E-state index in [0.29, 0.717) is 22.2 Å². The zero-order chi connectivity index (χ0) is 11.5. The Labute approximate surface area is 102 Å². The van der Waals surface area contributed by atoms with E-state index in [0.717, 1.165) is 5.69 Å². The van der Waals surface area contributed by atoms with Gasteiger partial charge in [-0.3, -0.25) is 0 Å². The maximum Gasteiger partial charge on any atom is 0.137 e. The molecule has 1 aromatic carbocycles. The second-order valence-electron chi connectivity index (χ2n) is 3.12. The molecule has 84 valence electrons. The fourth-order valence-electron chi connectivity index (χ4n) is 1.29. The van der Waals surface area contributed by atoms with E-state index < -0.39 is 0 Å². The van der Waals surface area contributed by atoms with Gasteiger partial charge in [-0.15, -0.1) is 22.9 Å². The molecule has 0 radical (unpaired) electrons. The molecule has 0 aliphatic carbocycles.